The number of amides is 1. The second-order valence-corrected chi connectivity index (χ2v) is 3.61. The van der Waals surface area contributed by atoms with Gasteiger partial charge in [0.2, 0.25) is 0 Å². The summed E-state index contributed by atoms with van der Waals surface area (Å²) in [7, 11) is 0. The lowest BCUT2D eigenvalue weighted by atomic mass is 9.92. The van der Waals surface area contributed by atoms with Crippen LogP contribution < -0.4 is 11.1 Å². The zero-order valence-electron chi connectivity index (χ0n) is 7.92. The first-order valence-electron chi connectivity index (χ1n) is 4.83. The van der Waals surface area contributed by atoms with E-state index in [1.807, 2.05) is 0 Å². The summed E-state index contributed by atoms with van der Waals surface area (Å²) in [4.78, 5) is 11.1. The molecular formula is C9H14N4O. The Kier molecular flexibility index (Phi) is 2.49. The fourth-order valence-corrected chi connectivity index (χ4v) is 1.92. The Morgan fingerprint density at radius 3 is 3.14 bits per heavy atom. The van der Waals surface area contributed by atoms with Gasteiger partial charge < -0.3 is 11.1 Å². The first-order valence-corrected chi connectivity index (χ1v) is 4.83. The maximum Gasteiger partial charge on any atom is 0.267 e. The van der Waals surface area contributed by atoms with Crippen LogP contribution in [0.2, 0.25) is 0 Å². The number of rotatable bonds is 2. The van der Waals surface area contributed by atoms with Gasteiger partial charge in [-0.3, -0.25) is 9.89 Å². The molecule has 1 saturated heterocycles. The van der Waals surface area contributed by atoms with Gasteiger partial charge in [0.05, 0.1) is 6.20 Å². The summed E-state index contributed by atoms with van der Waals surface area (Å²) >= 11 is 0. The molecule has 14 heavy (non-hydrogen) atoms. The van der Waals surface area contributed by atoms with Crippen molar-refractivity contribution < 1.29 is 4.79 Å². The number of aromatic amines is 1. The van der Waals surface area contributed by atoms with Crippen molar-refractivity contribution in [1.82, 2.24) is 15.5 Å². The normalized spacial score (nSPS) is 22.1. The van der Waals surface area contributed by atoms with Crippen LogP contribution >= 0.6 is 0 Å². The monoisotopic (exact) mass is 194 g/mol. The second-order valence-electron chi connectivity index (χ2n) is 3.61. The molecule has 1 aliphatic rings. The Labute approximate surface area is 82.1 Å². The van der Waals surface area contributed by atoms with E-state index in [-0.39, 0.29) is 0 Å². The minimum atomic E-state index is -0.428. The quantitative estimate of drug-likeness (QED) is 0.618. The van der Waals surface area contributed by atoms with Gasteiger partial charge in [0, 0.05) is 18.0 Å². The number of H-pyrrole nitrogens is 1. The second kappa shape index (κ2) is 3.79. The van der Waals surface area contributed by atoms with E-state index >= 15 is 0 Å². The van der Waals surface area contributed by atoms with Crippen LogP contribution in [-0.4, -0.2) is 29.2 Å². The van der Waals surface area contributed by atoms with E-state index in [9.17, 15) is 4.79 Å². The highest BCUT2D eigenvalue weighted by molar-refractivity contribution is 5.92. The summed E-state index contributed by atoms with van der Waals surface area (Å²) < 4.78 is 0. The van der Waals surface area contributed by atoms with Crippen LogP contribution in [0.5, 0.6) is 0 Å². The SMILES string of the molecule is NC(=O)c1[nH]ncc1C1CCCNC1. The lowest BCUT2D eigenvalue weighted by Crippen LogP contribution is -2.29. The number of carbonyl (C=O) groups is 1. The van der Waals surface area contributed by atoms with Gasteiger partial charge in [0.1, 0.15) is 5.69 Å². The molecule has 2 rings (SSSR count). The predicted octanol–water partition coefficient (Wildman–Crippen LogP) is -0.0244. The van der Waals surface area contributed by atoms with Gasteiger partial charge in [-0.15, -0.1) is 0 Å². The zero-order valence-corrected chi connectivity index (χ0v) is 7.92. The number of carbonyl (C=O) groups excluding carboxylic acids is 1. The lowest BCUT2D eigenvalue weighted by molar-refractivity contribution is 0.0994. The first-order chi connectivity index (χ1) is 6.79. The molecule has 0 bridgehead atoms. The van der Waals surface area contributed by atoms with E-state index in [0.29, 0.717) is 11.6 Å². The predicted molar refractivity (Wildman–Crippen MR) is 52.0 cm³/mol. The summed E-state index contributed by atoms with van der Waals surface area (Å²) in [5, 5.41) is 9.81. The molecule has 0 saturated carbocycles. The molecule has 2 heterocycles. The lowest BCUT2D eigenvalue weighted by Gasteiger charge is -2.22. The van der Waals surface area contributed by atoms with Crippen molar-refractivity contribution in [3.63, 3.8) is 0 Å². The molecule has 5 heteroatoms. The smallest absolute Gasteiger partial charge is 0.267 e. The zero-order chi connectivity index (χ0) is 9.97. The van der Waals surface area contributed by atoms with Crippen LogP contribution in [0, 0.1) is 0 Å². The van der Waals surface area contributed by atoms with Crippen LogP contribution in [0.3, 0.4) is 0 Å². The number of primary amides is 1. The van der Waals surface area contributed by atoms with Crippen molar-refractivity contribution in [3.05, 3.63) is 17.5 Å². The number of nitrogens with one attached hydrogen (secondary N) is 2. The van der Waals surface area contributed by atoms with Crippen LogP contribution in [-0.2, 0) is 0 Å². The number of aromatic nitrogens is 2. The van der Waals surface area contributed by atoms with E-state index in [1.165, 1.54) is 0 Å². The van der Waals surface area contributed by atoms with Gasteiger partial charge in [-0.25, -0.2) is 0 Å². The Morgan fingerprint density at radius 1 is 1.64 bits per heavy atom. The molecule has 1 aromatic heterocycles. The summed E-state index contributed by atoms with van der Waals surface area (Å²) in [5.74, 6) is -0.0620. The molecule has 1 atom stereocenters. The molecule has 1 unspecified atom stereocenters. The van der Waals surface area contributed by atoms with Crippen LogP contribution in [0.4, 0.5) is 0 Å². The molecule has 0 spiro atoms. The van der Waals surface area contributed by atoms with E-state index in [1.54, 1.807) is 6.20 Å². The molecule has 0 radical (unpaired) electrons. The van der Waals surface area contributed by atoms with Crippen molar-refractivity contribution in [1.29, 1.82) is 0 Å². The van der Waals surface area contributed by atoms with Crippen LogP contribution in [0.15, 0.2) is 6.20 Å². The molecule has 76 valence electrons. The third-order valence-corrected chi connectivity index (χ3v) is 2.65. The Morgan fingerprint density at radius 2 is 2.50 bits per heavy atom. The highest BCUT2D eigenvalue weighted by atomic mass is 16.1. The van der Waals surface area contributed by atoms with Crippen LogP contribution in [0.25, 0.3) is 0 Å². The molecule has 4 N–H and O–H groups in total. The summed E-state index contributed by atoms with van der Waals surface area (Å²) in [5.41, 5.74) is 6.64. The first kappa shape index (κ1) is 9.21. The third kappa shape index (κ3) is 1.63. The van der Waals surface area contributed by atoms with Crippen LogP contribution in [0.1, 0.15) is 34.8 Å². The number of piperidine rings is 1. The highest BCUT2D eigenvalue weighted by Crippen LogP contribution is 2.24. The summed E-state index contributed by atoms with van der Waals surface area (Å²) in [6.45, 7) is 1.96. The highest BCUT2D eigenvalue weighted by Gasteiger charge is 2.21. The Bertz CT molecular complexity index is 327. The largest absolute Gasteiger partial charge is 0.364 e. The van der Waals surface area contributed by atoms with E-state index in [4.69, 9.17) is 5.73 Å². The van der Waals surface area contributed by atoms with Crippen molar-refractivity contribution in [2.24, 2.45) is 5.73 Å². The van der Waals surface area contributed by atoms with Gasteiger partial charge in [-0.05, 0) is 19.4 Å². The number of nitrogens with two attached hydrogens (primary N) is 1. The number of hydrogen-bond acceptors (Lipinski definition) is 3. The molecule has 1 amide bonds. The summed E-state index contributed by atoms with van der Waals surface area (Å²) in [6, 6.07) is 0. The minimum Gasteiger partial charge on any atom is -0.364 e. The third-order valence-electron chi connectivity index (χ3n) is 2.65. The maximum absolute atomic E-state index is 11.1. The van der Waals surface area contributed by atoms with Gasteiger partial charge in [0.25, 0.3) is 5.91 Å². The maximum atomic E-state index is 11.1. The minimum absolute atomic E-state index is 0.366. The molecule has 1 aromatic rings. The molecule has 0 aromatic carbocycles. The molecule has 1 aliphatic heterocycles. The molecule has 1 fully saturated rings. The van der Waals surface area contributed by atoms with Gasteiger partial charge >= 0.3 is 0 Å². The van der Waals surface area contributed by atoms with Gasteiger partial charge in [-0.1, -0.05) is 0 Å². The standard InChI is InChI=1S/C9H14N4O/c10-9(14)8-7(5-12-13-8)6-2-1-3-11-4-6/h5-6,11H,1-4H2,(H2,10,14)(H,12,13). The Balaban J connectivity index is 2.21. The molecule has 0 aliphatic carbocycles. The average molecular weight is 194 g/mol. The molecule has 5 nitrogen and oxygen atoms in total. The number of hydrogen-bond donors (Lipinski definition) is 3. The fraction of sp³-hybridized carbons (Fsp3) is 0.556. The van der Waals surface area contributed by atoms with Gasteiger partial charge in [0.15, 0.2) is 0 Å². The topological polar surface area (TPSA) is 83.8 Å². The van der Waals surface area contributed by atoms with Crippen molar-refractivity contribution in [2.75, 3.05) is 13.1 Å². The van der Waals surface area contributed by atoms with Gasteiger partial charge in [-0.2, -0.15) is 5.10 Å². The average Bonchev–Trinajstić information content (AvgIpc) is 2.67. The van der Waals surface area contributed by atoms with Crippen molar-refractivity contribution in [2.45, 2.75) is 18.8 Å². The van der Waals surface area contributed by atoms with E-state index < -0.39 is 5.91 Å². The summed E-state index contributed by atoms with van der Waals surface area (Å²) in [6.07, 6.45) is 3.93. The fourth-order valence-electron chi connectivity index (χ4n) is 1.92. The Hall–Kier alpha value is -1.36. The number of nitrogens with zero attached hydrogens (tertiary/aromatic N) is 1. The van der Waals surface area contributed by atoms with Crippen molar-refractivity contribution in [3.8, 4) is 0 Å². The molecular weight excluding hydrogens is 180 g/mol. The van der Waals surface area contributed by atoms with Crippen molar-refractivity contribution >= 4 is 5.91 Å². The van der Waals surface area contributed by atoms with E-state index in [0.717, 1.165) is 31.5 Å². The van der Waals surface area contributed by atoms with E-state index in [2.05, 4.69) is 15.5 Å².